The Morgan fingerprint density at radius 2 is 1.60 bits per heavy atom. The highest BCUT2D eigenvalue weighted by molar-refractivity contribution is 5.65. The Labute approximate surface area is 210 Å². The molecular weight excluding hydrogens is 432 g/mol. The van der Waals surface area contributed by atoms with Crippen LogP contribution in [-0.2, 0) is 4.74 Å². The van der Waals surface area contributed by atoms with Gasteiger partial charge in [0.15, 0.2) is 5.82 Å². The average molecular weight is 471 g/mol. The summed E-state index contributed by atoms with van der Waals surface area (Å²) in [5.74, 6) is 1.55. The van der Waals surface area contributed by atoms with E-state index < -0.39 is 0 Å². The SMILES string of the molecule is C=CCOc1ccc(-c2cnc(-c3ccc(C=CCCCC(C)OCCCCC)cc3)nc2)cc1. The number of hydrogen-bond acceptors (Lipinski definition) is 4. The largest absolute Gasteiger partial charge is 0.490 e. The number of benzene rings is 2. The summed E-state index contributed by atoms with van der Waals surface area (Å²) in [6.45, 7) is 9.46. The molecule has 0 aliphatic carbocycles. The first-order chi connectivity index (χ1) is 17.2. The molecule has 0 spiro atoms. The highest BCUT2D eigenvalue weighted by Gasteiger charge is 2.04. The van der Waals surface area contributed by atoms with Gasteiger partial charge in [0, 0.05) is 30.1 Å². The summed E-state index contributed by atoms with van der Waals surface area (Å²) in [6.07, 6.45) is 17.2. The minimum Gasteiger partial charge on any atom is -0.490 e. The third kappa shape index (κ3) is 9.14. The highest BCUT2D eigenvalue weighted by Crippen LogP contribution is 2.23. The van der Waals surface area contributed by atoms with E-state index in [1.165, 1.54) is 24.8 Å². The van der Waals surface area contributed by atoms with Gasteiger partial charge >= 0.3 is 0 Å². The van der Waals surface area contributed by atoms with E-state index in [-0.39, 0.29) is 0 Å². The normalized spacial score (nSPS) is 12.1. The van der Waals surface area contributed by atoms with Gasteiger partial charge in [0.1, 0.15) is 12.4 Å². The van der Waals surface area contributed by atoms with Crippen LogP contribution in [0.4, 0.5) is 0 Å². The number of allylic oxidation sites excluding steroid dienone is 1. The summed E-state index contributed by atoms with van der Waals surface area (Å²) in [4.78, 5) is 9.15. The van der Waals surface area contributed by atoms with Crippen molar-refractivity contribution in [2.75, 3.05) is 13.2 Å². The molecule has 3 rings (SSSR count). The fraction of sp³-hybridized carbons (Fsp3) is 0.355. The van der Waals surface area contributed by atoms with Gasteiger partial charge < -0.3 is 9.47 Å². The summed E-state index contributed by atoms with van der Waals surface area (Å²) in [7, 11) is 0. The van der Waals surface area contributed by atoms with Crippen LogP contribution < -0.4 is 4.74 Å². The molecule has 0 radical (unpaired) electrons. The van der Waals surface area contributed by atoms with Crippen LogP contribution in [0, 0.1) is 0 Å². The number of nitrogens with zero attached hydrogens (tertiary/aromatic N) is 2. The quantitative estimate of drug-likeness (QED) is 0.166. The molecule has 184 valence electrons. The Morgan fingerprint density at radius 3 is 2.29 bits per heavy atom. The Hall–Kier alpha value is -3.24. The molecule has 1 heterocycles. The molecule has 4 nitrogen and oxygen atoms in total. The lowest BCUT2D eigenvalue weighted by Crippen LogP contribution is -2.08. The molecule has 4 heteroatoms. The van der Waals surface area contributed by atoms with E-state index in [1.54, 1.807) is 6.08 Å². The maximum atomic E-state index is 5.87. The van der Waals surface area contributed by atoms with E-state index in [0.717, 1.165) is 54.1 Å². The number of aromatic nitrogens is 2. The van der Waals surface area contributed by atoms with Gasteiger partial charge in [0.2, 0.25) is 0 Å². The highest BCUT2D eigenvalue weighted by atomic mass is 16.5. The molecule has 0 aliphatic rings. The first-order valence-corrected chi connectivity index (χ1v) is 12.7. The van der Waals surface area contributed by atoms with Gasteiger partial charge in [-0.05, 0) is 55.9 Å². The van der Waals surface area contributed by atoms with Crippen molar-refractivity contribution in [2.45, 2.75) is 58.5 Å². The van der Waals surface area contributed by atoms with Crippen molar-refractivity contribution >= 4 is 6.08 Å². The molecule has 0 bridgehead atoms. The second-order valence-corrected chi connectivity index (χ2v) is 8.76. The molecule has 35 heavy (non-hydrogen) atoms. The molecule has 3 aromatic rings. The molecule has 2 aromatic carbocycles. The lowest BCUT2D eigenvalue weighted by atomic mass is 10.1. The minimum atomic E-state index is 0.349. The van der Waals surface area contributed by atoms with Gasteiger partial charge in [-0.1, -0.05) is 81.0 Å². The van der Waals surface area contributed by atoms with E-state index in [9.17, 15) is 0 Å². The number of hydrogen-bond donors (Lipinski definition) is 0. The smallest absolute Gasteiger partial charge is 0.159 e. The summed E-state index contributed by atoms with van der Waals surface area (Å²) in [6, 6.07) is 16.3. The lowest BCUT2D eigenvalue weighted by Gasteiger charge is -2.11. The average Bonchev–Trinajstić information content (AvgIpc) is 2.90. The van der Waals surface area contributed by atoms with E-state index >= 15 is 0 Å². The molecule has 0 N–H and O–H groups in total. The van der Waals surface area contributed by atoms with Gasteiger partial charge in [-0.2, -0.15) is 0 Å². The standard InChI is InChI=1S/C31H38N2O2/c1-4-6-10-22-34-25(3)11-8-7-9-12-26-13-15-28(16-14-26)31-32-23-29(24-33-31)27-17-19-30(20-18-27)35-21-5-2/h5,9,12-20,23-25H,2,4,6-8,10-11,21-22H2,1,3H3. The third-order valence-corrected chi connectivity index (χ3v) is 5.82. The topological polar surface area (TPSA) is 44.2 Å². The molecule has 1 unspecified atom stereocenters. The Balaban J connectivity index is 1.45. The van der Waals surface area contributed by atoms with E-state index in [4.69, 9.17) is 9.47 Å². The Kier molecular flexibility index (Phi) is 11.2. The zero-order valence-electron chi connectivity index (χ0n) is 21.2. The maximum absolute atomic E-state index is 5.87. The third-order valence-electron chi connectivity index (χ3n) is 5.82. The molecule has 0 fully saturated rings. The fourth-order valence-electron chi connectivity index (χ4n) is 3.73. The molecule has 0 saturated heterocycles. The molecule has 0 saturated carbocycles. The van der Waals surface area contributed by atoms with Crippen LogP contribution in [-0.4, -0.2) is 29.3 Å². The number of rotatable bonds is 15. The summed E-state index contributed by atoms with van der Waals surface area (Å²) in [5, 5.41) is 0. The first kappa shape index (κ1) is 26.4. The van der Waals surface area contributed by atoms with E-state index in [2.05, 4.69) is 66.8 Å². The predicted octanol–water partition coefficient (Wildman–Crippen LogP) is 8.15. The van der Waals surface area contributed by atoms with Crippen molar-refractivity contribution in [1.82, 2.24) is 9.97 Å². The van der Waals surface area contributed by atoms with Crippen molar-refractivity contribution in [1.29, 1.82) is 0 Å². The molecule has 0 aliphatic heterocycles. The van der Waals surface area contributed by atoms with E-state index in [1.807, 2.05) is 36.7 Å². The summed E-state index contributed by atoms with van der Waals surface area (Å²) < 4.78 is 11.4. The lowest BCUT2D eigenvalue weighted by molar-refractivity contribution is 0.0566. The van der Waals surface area contributed by atoms with Gasteiger partial charge in [-0.3, -0.25) is 0 Å². The summed E-state index contributed by atoms with van der Waals surface area (Å²) >= 11 is 0. The molecule has 1 atom stereocenters. The van der Waals surface area contributed by atoms with Crippen LogP contribution in [0.2, 0.25) is 0 Å². The van der Waals surface area contributed by atoms with Crippen molar-refractivity contribution in [2.24, 2.45) is 0 Å². The van der Waals surface area contributed by atoms with Crippen molar-refractivity contribution in [3.05, 3.63) is 85.2 Å². The molecule has 1 aromatic heterocycles. The molecule has 0 amide bonds. The van der Waals surface area contributed by atoms with Crippen LogP contribution >= 0.6 is 0 Å². The zero-order chi connectivity index (χ0) is 24.7. The predicted molar refractivity (Wildman–Crippen MR) is 146 cm³/mol. The second-order valence-electron chi connectivity index (χ2n) is 8.76. The van der Waals surface area contributed by atoms with Crippen molar-refractivity contribution in [3.63, 3.8) is 0 Å². The van der Waals surface area contributed by atoms with E-state index in [0.29, 0.717) is 12.7 Å². The van der Waals surface area contributed by atoms with Crippen molar-refractivity contribution in [3.8, 4) is 28.3 Å². The molecular formula is C31H38N2O2. The van der Waals surface area contributed by atoms with Crippen LogP contribution in [0.3, 0.4) is 0 Å². The van der Waals surface area contributed by atoms with Crippen LogP contribution in [0.25, 0.3) is 28.6 Å². The minimum absolute atomic E-state index is 0.349. The number of ether oxygens (including phenoxy) is 2. The maximum Gasteiger partial charge on any atom is 0.159 e. The first-order valence-electron chi connectivity index (χ1n) is 12.7. The zero-order valence-corrected chi connectivity index (χ0v) is 21.2. The summed E-state index contributed by atoms with van der Waals surface area (Å²) in [5.41, 5.74) is 4.23. The Bertz CT molecular complexity index is 1030. The van der Waals surface area contributed by atoms with Gasteiger partial charge in [0.05, 0.1) is 6.10 Å². The monoisotopic (exact) mass is 470 g/mol. The van der Waals surface area contributed by atoms with Gasteiger partial charge in [-0.15, -0.1) is 0 Å². The second kappa shape index (κ2) is 14.9. The fourth-order valence-corrected chi connectivity index (χ4v) is 3.73. The van der Waals surface area contributed by atoms with Crippen LogP contribution in [0.5, 0.6) is 5.75 Å². The van der Waals surface area contributed by atoms with Crippen LogP contribution in [0.15, 0.2) is 79.7 Å². The number of unbranched alkanes of at least 4 members (excludes halogenated alkanes) is 3. The Morgan fingerprint density at radius 1 is 0.886 bits per heavy atom. The van der Waals surface area contributed by atoms with Crippen molar-refractivity contribution < 1.29 is 9.47 Å². The van der Waals surface area contributed by atoms with Gasteiger partial charge in [0.25, 0.3) is 0 Å². The van der Waals surface area contributed by atoms with Gasteiger partial charge in [-0.25, -0.2) is 9.97 Å². The van der Waals surface area contributed by atoms with Crippen LogP contribution in [0.1, 0.15) is 57.9 Å².